The fourth-order valence-corrected chi connectivity index (χ4v) is 4.66. The van der Waals surface area contributed by atoms with Gasteiger partial charge in [-0.2, -0.15) is 8.78 Å². The number of rotatable bonds is 17. The van der Waals surface area contributed by atoms with Crippen LogP contribution in [0.3, 0.4) is 0 Å². The van der Waals surface area contributed by atoms with Crippen LogP contribution in [0, 0.1) is 0 Å². The molecule has 8 heteroatoms. The topological polar surface area (TPSA) is 66.4 Å². The number of nitrogens with zero attached hydrogens (tertiary/aromatic N) is 3. The molecular weight excluding hydrogens is 512 g/mol. The first-order valence-corrected chi connectivity index (χ1v) is 14.7. The van der Waals surface area contributed by atoms with Gasteiger partial charge in [-0.3, -0.25) is 0 Å². The van der Waals surface area contributed by atoms with Crippen molar-refractivity contribution in [3.8, 4) is 34.1 Å². The van der Waals surface area contributed by atoms with Crippen LogP contribution in [0.25, 0.3) is 22.6 Å². The Morgan fingerprint density at radius 2 is 1.48 bits per heavy atom. The smallest absolute Gasteiger partial charge is 0.329 e. The molecule has 0 amide bonds. The zero-order valence-corrected chi connectivity index (χ0v) is 23.7. The zero-order chi connectivity index (χ0) is 28.2. The van der Waals surface area contributed by atoms with E-state index >= 15 is 8.78 Å². The van der Waals surface area contributed by atoms with Crippen LogP contribution < -0.4 is 9.47 Å². The molecule has 0 N–H and O–H groups in total. The van der Waals surface area contributed by atoms with E-state index in [1.807, 2.05) is 24.3 Å². The fraction of sp³-hybridized carbons (Fsp3) is 0.531. The van der Waals surface area contributed by atoms with E-state index < -0.39 is 12.0 Å². The van der Waals surface area contributed by atoms with Crippen LogP contribution >= 0.6 is 0 Å². The lowest BCUT2D eigenvalue weighted by Gasteiger charge is -2.17. The van der Waals surface area contributed by atoms with Crippen LogP contribution in [-0.4, -0.2) is 40.9 Å². The molecule has 1 aromatic carbocycles. The summed E-state index contributed by atoms with van der Waals surface area (Å²) in [7, 11) is 0. The van der Waals surface area contributed by atoms with Crippen LogP contribution in [0.4, 0.5) is 8.78 Å². The summed E-state index contributed by atoms with van der Waals surface area (Å²) in [5.41, 5.74) is 1.73. The van der Waals surface area contributed by atoms with E-state index in [-0.39, 0.29) is 11.4 Å². The maximum absolute atomic E-state index is 15.1. The second-order valence-electron chi connectivity index (χ2n) is 10.3. The summed E-state index contributed by atoms with van der Waals surface area (Å²) in [5, 5.41) is 0. The van der Waals surface area contributed by atoms with Gasteiger partial charge in [-0.15, -0.1) is 0 Å². The molecule has 4 rings (SSSR count). The van der Waals surface area contributed by atoms with Crippen molar-refractivity contribution < 1.29 is 23.0 Å². The third kappa shape index (κ3) is 7.96. The summed E-state index contributed by atoms with van der Waals surface area (Å²) in [6, 6.07) is 10.9. The minimum atomic E-state index is -3.14. The highest BCUT2D eigenvalue weighted by molar-refractivity contribution is 5.64. The predicted molar refractivity (Wildman–Crippen MR) is 153 cm³/mol. The van der Waals surface area contributed by atoms with Crippen molar-refractivity contribution in [2.45, 2.75) is 90.1 Å². The molecule has 3 aromatic rings. The number of halogens is 2. The van der Waals surface area contributed by atoms with Gasteiger partial charge in [-0.25, -0.2) is 15.0 Å². The number of fused-ring (bicyclic) bond motifs is 1. The van der Waals surface area contributed by atoms with E-state index in [2.05, 4.69) is 28.8 Å². The number of hydrogen-bond acceptors (Lipinski definition) is 6. The fourth-order valence-electron chi connectivity index (χ4n) is 4.66. The van der Waals surface area contributed by atoms with Crippen molar-refractivity contribution in [3.05, 3.63) is 54.5 Å². The minimum absolute atomic E-state index is 0.145. The molecule has 1 atom stereocenters. The van der Waals surface area contributed by atoms with E-state index in [1.54, 1.807) is 24.5 Å². The Kier molecular flexibility index (Phi) is 11.2. The number of benzene rings is 1. The van der Waals surface area contributed by atoms with Crippen LogP contribution in [0.1, 0.15) is 83.7 Å². The summed E-state index contributed by atoms with van der Waals surface area (Å²) >= 11 is 0. The molecule has 1 aliphatic heterocycles. The molecule has 6 nitrogen and oxygen atoms in total. The molecule has 216 valence electrons. The predicted octanol–water partition coefficient (Wildman–Crippen LogP) is 8.39. The highest BCUT2D eigenvalue weighted by Crippen LogP contribution is 2.46. The van der Waals surface area contributed by atoms with Crippen molar-refractivity contribution in [1.29, 1.82) is 0 Å². The Morgan fingerprint density at radius 1 is 0.775 bits per heavy atom. The van der Waals surface area contributed by atoms with E-state index in [0.717, 1.165) is 81.5 Å². The monoisotopic (exact) mass is 553 g/mol. The van der Waals surface area contributed by atoms with Gasteiger partial charge in [0.2, 0.25) is 0 Å². The lowest BCUT2D eigenvalue weighted by atomic mass is 10.0. The molecule has 2 aromatic heterocycles. The molecule has 3 heterocycles. The average Bonchev–Trinajstić information content (AvgIpc) is 3.23. The Morgan fingerprint density at radius 3 is 2.23 bits per heavy atom. The van der Waals surface area contributed by atoms with Gasteiger partial charge in [0.05, 0.1) is 6.61 Å². The highest BCUT2D eigenvalue weighted by Gasteiger charge is 2.52. The van der Waals surface area contributed by atoms with E-state index in [4.69, 9.17) is 14.2 Å². The van der Waals surface area contributed by atoms with Crippen molar-refractivity contribution >= 4 is 0 Å². The van der Waals surface area contributed by atoms with Crippen molar-refractivity contribution in [2.75, 3.05) is 19.8 Å². The Hall–Kier alpha value is -3.13. The van der Waals surface area contributed by atoms with Gasteiger partial charge < -0.3 is 14.2 Å². The second-order valence-corrected chi connectivity index (χ2v) is 10.3. The van der Waals surface area contributed by atoms with Gasteiger partial charge in [0.25, 0.3) is 0 Å². The Bertz CT molecular complexity index is 1170. The standard InChI is InChI=1S/C32H41F2N3O3/c1-3-5-7-8-9-12-29-32(33,34)30-28(40-29)18-17-27(37-30)31-35-22-25(23-36-31)24-13-15-26(16-14-24)39-21-11-10-20-38-19-6-4-2/h13-18,22-23,29H,3-12,19-21H2,1-2H3. The molecule has 0 bridgehead atoms. The lowest BCUT2D eigenvalue weighted by molar-refractivity contribution is -0.0818. The number of ether oxygens (including phenoxy) is 3. The van der Waals surface area contributed by atoms with Crippen LogP contribution in [0.15, 0.2) is 48.8 Å². The van der Waals surface area contributed by atoms with Crippen molar-refractivity contribution in [3.63, 3.8) is 0 Å². The Balaban J connectivity index is 1.30. The largest absolute Gasteiger partial charge is 0.494 e. The summed E-state index contributed by atoms with van der Waals surface area (Å²) in [6.07, 6.45) is 11.6. The highest BCUT2D eigenvalue weighted by atomic mass is 19.3. The summed E-state index contributed by atoms with van der Waals surface area (Å²) in [5.74, 6) is -1.89. The number of alkyl halides is 2. The van der Waals surface area contributed by atoms with Crippen molar-refractivity contribution in [2.24, 2.45) is 0 Å². The van der Waals surface area contributed by atoms with E-state index in [0.29, 0.717) is 31.0 Å². The Labute approximate surface area is 236 Å². The molecule has 0 radical (unpaired) electrons. The average molecular weight is 554 g/mol. The molecule has 0 fully saturated rings. The van der Waals surface area contributed by atoms with Gasteiger partial charge in [0, 0.05) is 31.2 Å². The second kappa shape index (κ2) is 15.0. The molecule has 0 saturated carbocycles. The quantitative estimate of drug-likeness (QED) is 0.156. The first kappa shape index (κ1) is 29.8. The number of hydrogen-bond donors (Lipinski definition) is 0. The number of unbranched alkanes of at least 4 members (excludes halogenated alkanes) is 6. The molecule has 0 aliphatic carbocycles. The molecule has 0 spiro atoms. The first-order chi connectivity index (χ1) is 19.5. The molecular formula is C32H41F2N3O3. The lowest BCUT2D eigenvalue weighted by Crippen LogP contribution is -2.30. The SMILES string of the molecule is CCCCCCCC1Oc2ccc(-c3ncc(-c4ccc(OCCCCOCCCC)cc4)cn3)nc2C1(F)F. The van der Waals surface area contributed by atoms with Crippen LogP contribution in [0.5, 0.6) is 11.5 Å². The summed E-state index contributed by atoms with van der Waals surface area (Å²) in [6.45, 7) is 6.54. The van der Waals surface area contributed by atoms with Gasteiger partial charge in [0.15, 0.2) is 17.6 Å². The van der Waals surface area contributed by atoms with Crippen molar-refractivity contribution in [1.82, 2.24) is 15.0 Å². The first-order valence-electron chi connectivity index (χ1n) is 14.7. The normalized spacial score (nSPS) is 15.6. The third-order valence-corrected chi connectivity index (χ3v) is 7.08. The summed E-state index contributed by atoms with van der Waals surface area (Å²) in [4.78, 5) is 13.1. The van der Waals surface area contributed by atoms with Gasteiger partial charge in [0.1, 0.15) is 17.2 Å². The van der Waals surface area contributed by atoms with Gasteiger partial charge in [-0.05, 0) is 61.9 Å². The molecule has 1 unspecified atom stereocenters. The van der Waals surface area contributed by atoms with Crippen LogP contribution in [0.2, 0.25) is 0 Å². The molecule has 1 aliphatic rings. The molecule has 40 heavy (non-hydrogen) atoms. The van der Waals surface area contributed by atoms with Gasteiger partial charge in [-0.1, -0.05) is 58.1 Å². The molecule has 0 saturated heterocycles. The summed E-state index contributed by atoms with van der Waals surface area (Å²) < 4.78 is 47.2. The third-order valence-electron chi connectivity index (χ3n) is 7.08. The minimum Gasteiger partial charge on any atom is -0.494 e. The van der Waals surface area contributed by atoms with Crippen LogP contribution in [-0.2, 0) is 10.7 Å². The van der Waals surface area contributed by atoms with Gasteiger partial charge >= 0.3 is 5.92 Å². The van der Waals surface area contributed by atoms with E-state index in [9.17, 15) is 0 Å². The zero-order valence-electron chi connectivity index (χ0n) is 23.7. The van der Waals surface area contributed by atoms with E-state index in [1.165, 1.54) is 0 Å². The maximum Gasteiger partial charge on any atom is 0.329 e. The number of pyridine rings is 1. The maximum atomic E-state index is 15.1. The number of aromatic nitrogens is 3.